The lowest BCUT2D eigenvalue weighted by Crippen LogP contribution is -2.08. The molecule has 2 nitrogen and oxygen atoms in total. The van der Waals surface area contributed by atoms with Crippen LogP contribution in [0.3, 0.4) is 0 Å². The fourth-order valence-electron chi connectivity index (χ4n) is 0.888. The van der Waals surface area contributed by atoms with Crippen molar-refractivity contribution in [2.75, 3.05) is 0 Å². The molecule has 0 fully saturated rings. The van der Waals surface area contributed by atoms with Crippen molar-refractivity contribution in [3.63, 3.8) is 0 Å². The van der Waals surface area contributed by atoms with Gasteiger partial charge in [-0.25, -0.2) is 4.98 Å². The van der Waals surface area contributed by atoms with Gasteiger partial charge in [-0.2, -0.15) is 18.4 Å². The minimum Gasteiger partial charge on any atom is -0.239 e. The standard InChI is InChI=1S/C8H4ClF3N2/c1-4-5(3-13)2-6(7(9)14-4)8(10,11)12/h2H,1H3. The topological polar surface area (TPSA) is 36.7 Å². The molecule has 0 saturated heterocycles. The SMILES string of the molecule is Cc1nc(Cl)c(C(F)(F)F)cc1C#N. The van der Waals surface area contributed by atoms with Crippen LogP contribution < -0.4 is 0 Å². The molecule has 0 radical (unpaired) electrons. The van der Waals surface area contributed by atoms with E-state index in [0.29, 0.717) is 6.07 Å². The molecule has 6 heteroatoms. The molecule has 0 aliphatic heterocycles. The van der Waals surface area contributed by atoms with Crippen molar-refractivity contribution in [3.05, 3.63) is 28.0 Å². The zero-order valence-corrected chi connectivity index (χ0v) is 7.74. The molecular weight excluding hydrogens is 217 g/mol. The fourth-order valence-corrected chi connectivity index (χ4v) is 1.18. The van der Waals surface area contributed by atoms with Gasteiger partial charge in [-0.3, -0.25) is 0 Å². The third-order valence-corrected chi connectivity index (χ3v) is 1.88. The Morgan fingerprint density at radius 1 is 1.50 bits per heavy atom. The lowest BCUT2D eigenvalue weighted by Gasteiger charge is -2.09. The molecule has 74 valence electrons. The lowest BCUT2D eigenvalue weighted by molar-refractivity contribution is -0.137. The zero-order valence-electron chi connectivity index (χ0n) is 6.98. The Morgan fingerprint density at radius 2 is 2.07 bits per heavy atom. The highest BCUT2D eigenvalue weighted by Gasteiger charge is 2.34. The van der Waals surface area contributed by atoms with Crippen LogP contribution in [0.15, 0.2) is 6.07 Å². The molecule has 0 unspecified atom stereocenters. The van der Waals surface area contributed by atoms with Crippen LogP contribution in [0.4, 0.5) is 13.2 Å². The Hall–Kier alpha value is -1.28. The molecule has 0 bridgehead atoms. The van der Waals surface area contributed by atoms with Gasteiger partial charge >= 0.3 is 6.18 Å². The maximum Gasteiger partial charge on any atom is 0.419 e. The van der Waals surface area contributed by atoms with Crippen molar-refractivity contribution in [2.45, 2.75) is 13.1 Å². The number of rotatable bonds is 0. The monoisotopic (exact) mass is 220 g/mol. The van der Waals surface area contributed by atoms with Gasteiger partial charge in [0.1, 0.15) is 11.2 Å². The van der Waals surface area contributed by atoms with Crippen LogP contribution in [-0.4, -0.2) is 4.98 Å². The number of nitrogens with zero attached hydrogens (tertiary/aromatic N) is 2. The van der Waals surface area contributed by atoms with Gasteiger partial charge in [0, 0.05) is 0 Å². The van der Waals surface area contributed by atoms with Crippen LogP contribution in [0.5, 0.6) is 0 Å². The highest BCUT2D eigenvalue weighted by Crippen LogP contribution is 2.34. The van der Waals surface area contributed by atoms with E-state index in [9.17, 15) is 13.2 Å². The number of nitriles is 1. The van der Waals surface area contributed by atoms with E-state index in [1.807, 2.05) is 0 Å². The van der Waals surface area contributed by atoms with Crippen molar-refractivity contribution in [1.29, 1.82) is 5.26 Å². The Labute approximate surface area is 82.9 Å². The normalized spacial score (nSPS) is 11.1. The van der Waals surface area contributed by atoms with Crippen LogP contribution in [0.2, 0.25) is 5.15 Å². The van der Waals surface area contributed by atoms with Gasteiger partial charge in [0.15, 0.2) is 0 Å². The average Bonchev–Trinajstić information content (AvgIpc) is 2.02. The van der Waals surface area contributed by atoms with Gasteiger partial charge in [-0.05, 0) is 13.0 Å². The minimum absolute atomic E-state index is 0.123. The van der Waals surface area contributed by atoms with E-state index < -0.39 is 16.9 Å². The molecule has 0 N–H and O–H groups in total. The number of hydrogen-bond acceptors (Lipinski definition) is 2. The highest BCUT2D eigenvalue weighted by molar-refractivity contribution is 6.30. The second-order valence-electron chi connectivity index (χ2n) is 2.57. The van der Waals surface area contributed by atoms with Gasteiger partial charge in [0.25, 0.3) is 0 Å². The maximum absolute atomic E-state index is 12.3. The summed E-state index contributed by atoms with van der Waals surface area (Å²) in [7, 11) is 0. The number of alkyl halides is 3. The summed E-state index contributed by atoms with van der Waals surface area (Å²) in [5, 5.41) is 7.87. The molecule has 0 aliphatic carbocycles. The molecule has 0 saturated carbocycles. The Morgan fingerprint density at radius 3 is 2.50 bits per heavy atom. The first-order valence-corrected chi connectivity index (χ1v) is 3.88. The molecular formula is C8H4ClF3N2. The third-order valence-electron chi connectivity index (χ3n) is 1.59. The van der Waals surface area contributed by atoms with Crippen molar-refractivity contribution in [1.82, 2.24) is 4.98 Å². The summed E-state index contributed by atoms with van der Waals surface area (Å²) in [6.45, 7) is 1.42. The molecule has 14 heavy (non-hydrogen) atoms. The molecule has 1 aromatic rings. The molecule has 0 spiro atoms. The van der Waals surface area contributed by atoms with Crippen molar-refractivity contribution >= 4 is 11.6 Å². The van der Waals surface area contributed by atoms with Gasteiger partial charge in [-0.1, -0.05) is 11.6 Å². The lowest BCUT2D eigenvalue weighted by atomic mass is 10.1. The van der Waals surface area contributed by atoms with Crippen molar-refractivity contribution in [2.24, 2.45) is 0 Å². The summed E-state index contributed by atoms with van der Waals surface area (Å²) >= 11 is 5.30. The predicted octanol–water partition coefficient (Wildman–Crippen LogP) is 2.93. The van der Waals surface area contributed by atoms with Crippen LogP contribution in [0.1, 0.15) is 16.8 Å². The minimum atomic E-state index is -4.58. The van der Waals surface area contributed by atoms with Crippen LogP contribution >= 0.6 is 11.6 Å². The fraction of sp³-hybridized carbons (Fsp3) is 0.250. The summed E-state index contributed by atoms with van der Waals surface area (Å²) < 4.78 is 36.8. The smallest absolute Gasteiger partial charge is 0.239 e. The Bertz CT molecular complexity index is 406. The molecule has 0 aromatic carbocycles. The van der Waals surface area contributed by atoms with Gasteiger partial charge < -0.3 is 0 Å². The van der Waals surface area contributed by atoms with Gasteiger partial charge in [0.2, 0.25) is 0 Å². The summed E-state index contributed by atoms with van der Waals surface area (Å²) in [6, 6.07) is 2.31. The molecule has 0 amide bonds. The summed E-state index contributed by atoms with van der Waals surface area (Å²) in [5.41, 5.74) is -1.02. The van der Waals surface area contributed by atoms with Crippen LogP contribution in [-0.2, 0) is 6.18 Å². The van der Waals surface area contributed by atoms with E-state index in [0.717, 1.165) is 0 Å². The zero-order chi connectivity index (χ0) is 10.9. The molecule has 1 aromatic heterocycles. The number of hydrogen-bond donors (Lipinski definition) is 0. The van der Waals surface area contributed by atoms with E-state index in [1.165, 1.54) is 6.92 Å². The summed E-state index contributed by atoms with van der Waals surface area (Å²) in [4.78, 5) is 3.43. The van der Waals surface area contributed by atoms with Crippen LogP contribution in [0.25, 0.3) is 0 Å². The second-order valence-corrected chi connectivity index (χ2v) is 2.93. The summed E-state index contributed by atoms with van der Waals surface area (Å²) in [6.07, 6.45) is -4.58. The van der Waals surface area contributed by atoms with E-state index >= 15 is 0 Å². The van der Waals surface area contributed by atoms with E-state index in [-0.39, 0.29) is 11.3 Å². The molecule has 0 aliphatic rings. The maximum atomic E-state index is 12.3. The highest BCUT2D eigenvalue weighted by atomic mass is 35.5. The first-order chi connectivity index (χ1) is 6.36. The number of aromatic nitrogens is 1. The van der Waals surface area contributed by atoms with Gasteiger partial charge in [-0.15, -0.1) is 0 Å². The number of pyridine rings is 1. The third kappa shape index (κ3) is 1.96. The van der Waals surface area contributed by atoms with Gasteiger partial charge in [0.05, 0.1) is 16.8 Å². The first kappa shape index (κ1) is 10.8. The van der Waals surface area contributed by atoms with E-state index in [4.69, 9.17) is 16.9 Å². The second kappa shape index (κ2) is 3.46. The largest absolute Gasteiger partial charge is 0.419 e. The van der Waals surface area contributed by atoms with Crippen molar-refractivity contribution in [3.8, 4) is 6.07 Å². The van der Waals surface area contributed by atoms with E-state index in [1.54, 1.807) is 6.07 Å². The number of halogens is 4. The van der Waals surface area contributed by atoms with Crippen LogP contribution in [0, 0.1) is 18.3 Å². The predicted molar refractivity (Wildman–Crippen MR) is 43.7 cm³/mol. The molecule has 1 rings (SSSR count). The first-order valence-electron chi connectivity index (χ1n) is 3.50. The Kier molecular flexibility index (Phi) is 2.67. The summed E-state index contributed by atoms with van der Waals surface area (Å²) in [5.74, 6) is 0. The van der Waals surface area contributed by atoms with E-state index in [2.05, 4.69) is 4.98 Å². The average molecular weight is 221 g/mol. The quantitative estimate of drug-likeness (QED) is 0.631. The van der Waals surface area contributed by atoms with Crippen molar-refractivity contribution < 1.29 is 13.2 Å². The Balaban J connectivity index is 3.41. The molecule has 1 heterocycles. The number of aryl methyl sites for hydroxylation is 1. The molecule has 0 atom stereocenters.